The molecule has 0 fully saturated rings. The van der Waals surface area contributed by atoms with Crippen molar-refractivity contribution in [2.24, 2.45) is 0 Å². The van der Waals surface area contributed by atoms with Gasteiger partial charge in [-0.3, -0.25) is 0 Å². The fraction of sp³-hybridized carbons (Fsp3) is 0. The summed E-state index contributed by atoms with van der Waals surface area (Å²) in [4.78, 5) is 3.97. The minimum absolute atomic E-state index is 0.209. The summed E-state index contributed by atoms with van der Waals surface area (Å²) in [7, 11) is 0. The van der Waals surface area contributed by atoms with Gasteiger partial charge in [0.2, 0.25) is 0 Å². The lowest BCUT2D eigenvalue weighted by atomic mass is 10.0. The smallest absolute Gasteiger partial charge is 0.148 e. The Bertz CT molecular complexity index is 512. The first-order valence-electron chi connectivity index (χ1n) is 4.46. The van der Waals surface area contributed by atoms with Crippen molar-refractivity contribution in [2.75, 3.05) is 0 Å². The highest BCUT2D eigenvalue weighted by Crippen LogP contribution is 2.23. The van der Waals surface area contributed by atoms with E-state index in [-0.39, 0.29) is 5.75 Å². The Kier molecular flexibility index (Phi) is 2.34. The van der Waals surface area contributed by atoms with Crippen molar-refractivity contribution in [3.05, 3.63) is 48.3 Å². The summed E-state index contributed by atoms with van der Waals surface area (Å²) in [6.07, 6.45) is 1.59. The zero-order valence-corrected chi connectivity index (χ0v) is 7.88. The Morgan fingerprint density at radius 1 is 1.13 bits per heavy atom. The third-order valence-electron chi connectivity index (χ3n) is 2.09. The number of hydrogen-bond donors (Lipinski definition) is 1. The predicted molar refractivity (Wildman–Crippen MR) is 56.1 cm³/mol. The molecule has 1 aromatic carbocycles. The molecule has 2 rings (SSSR count). The molecule has 0 bridgehead atoms. The van der Waals surface area contributed by atoms with Gasteiger partial charge in [0, 0.05) is 11.8 Å². The van der Waals surface area contributed by atoms with Crippen LogP contribution in [0, 0.1) is 11.3 Å². The van der Waals surface area contributed by atoms with Gasteiger partial charge in [0.05, 0.1) is 0 Å². The molecule has 3 nitrogen and oxygen atoms in total. The molecule has 0 spiro atoms. The molecule has 1 N–H and O–H groups in total. The molecule has 0 aliphatic carbocycles. The van der Waals surface area contributed by atoms with Crippen molar-refractivity contribution in [1.29, 1.82) is 5.26 Å². The van der Waals surface area contributed by atoms with E-state index in [0.717, 1.165) is 11.1 Å². The molecule has 2 aromatic rings. The van der Waals surface area contributed by atoms with E-state index in [2.05, 4.69) is 4.98 Å². The van der Waals surface area contributed by atoms with Crippen LogP contribution in [0.15, 0.2) is 42.6 Å². The molecule has 3 heteroatoms. The molecule has 0 saturated heterocycles. The van der Waals surface area contributed by atoms with Gasteiger partial charge in [-0.05, 0) is 29.8 Å². The molecule has 15 heavy (non-hydrogen) atoms. The molecule has 1 heterocycles. The van der Waals surface area contributed by atoms with Crippen LogP contribution in [-0.2, 0) is 0 Å². The van der Waals surface area contributed by atoms with E-state index >= 15 is 0 Å². The fourth-order valence-electron chi connectivity index (χ4n) is 1.37. The van der Waals surface area contributed by atoms with Crippen molar-refractivity contribution < 1.29 is 5.11 Å². The lowest BCUT2D eigenvalue weighted by Crippen LogP contribution is -1.87. The quantitative estimate of drug-likeness (QED) is 0.761. The standard InChI is InChI=1S/C12H8N2O/c13-8-12-11(2-1-7-14-12)9-3-5-10(15)6-4-9/h1-7,15H. The van der Waals surface area contributed by atoms with Crippen LogP contribution < -0.4 is 0 Å². The molecule has 72 valence electrons. The third-order valence-corrected chi connectivity index (χ3v) is 2.09. The van der Waals surface area contributed by atoms with Crippen LogP contribution in [0.5, 0.6) is 5.75 Å². The molecule has 0 aliphatic heterocycles. The highest BCUT2D eigenvalue weighted by molar-refractivity contribution is 5.68. The number of nitriles is 1. The Balaban J connectivity index is 2.55. The van der Waals surface area contributed by atoms with Gasteiger partial charge in [0.15, 0.2) is 0 Å². The second kappa shape index (κ2) is 3.81. The molecule has 0 radical (unpaired) electrons. The Morgan fingerprint density at radius 2 is 1.87 bits per heavy atom. The Labute approximate surface area is 87.3 Å². The maximum atomic E-state index is 9.15. The van der Waals surface area contributed by atoms with Gasteiger partial charge in [-0.1, -0.05) is 12.1 Å². The Hall–Kier alpha value is -2.34. The van der Waals surface area contributed by atoms with Crippen molar-refractivity contribution >= 4 is 0 Å². The number of hydrogen-bond acceptors (Lipinski definition) is 3. The number of phenolic OH excluding ortho intramolecular Hbond substituents is 1. The molecule has 0 atom stereocenters. The van der Waals surface area contributed by atoms with E-state index in [9.17, 15) is 0 Å². The van der Waals surface area contributed by atoms with Gasteiger partial charge in [-0.15, -0.1) is 0 Å². The van der Waals surface area contributed by atoms with Crippen molar-refractivity contribution in [1.82, 2.24) is 4.98 Å². The molecule has 0 amide bonds. The number of rotatable bonds is 1. The summed E-state index contributed by atoms with van der Waals surface area (Å²) >= 11 is 0. The van der Waals surface area contributed by atoms with E-state index in [1.54, 1.807) is 36.5 Å². The van der Waals surface area contributed by atoms with Crippen molar-refractivity contribution in [2.45, 2.75) is 0 Å². The van der Waals surface area contributed by atoms with E-state index < -0.39 is 0 Å². The van der Waals surface area contributed by atoms with Gasteiger partial charge in [0.1, 0.15) is 17.5 Å². The van der Waals surface area contributed by atoms with Gasteiger partial charge in [-0.2, -0.15) is 5.26 Å². The van der Waals surface area contributed by atoms with Crippen molar-refractivity contribution in [3.8, 4) is 22.9 Å². The maximum absolute atomic E-state index is 9.15. The van der Waals surface area contributed by atoms with Crippen LogP contribution in [0.3, 0.4) is 0 Å². The minimum atomic E-state index is 0.209. The third kappa shape index (κ3) is 1.79. The van der Waals surface area contributed by atoms with Crippen LogP contribution in [0.4, 0.5) is 0 Å². The molecule has 0 aliphatic rings. The SMILES string of the molecule is N#Cc1ncccc1-c1ccc(O)cc1. The second-order valence-corrected chi connectivity index (χ2v) is 3.06. The highest BCUT2D eigenvalue weighted by Gasteiger charge is 2.04. The lowest BCUT2D eigenvalue weighted by Gasteiger charge is -2.02. The van der Waals surface area contributed by atoms with Gasteiger partial charge in [0.25, 0.3) is 0 Å². The number of benzene rings is 1. The normalized spacial score (nSPS) is 9.53. The molecular formula is C12H8N2O. The van der Waals surface area contributed by atoms with E-state index in [1.807, 2.05) is 12.1 Å². The summed E-state index contributed by atoms with van der Waals surface area (Å²) < 4.78 is 0. The number of phenols is 1. The van der Waals surface area contributed by atoms with Gasteiger partial charge < -0.3 is 5.11 Å². The molecule has 0 unspecified atom stereocenters. The number of nitrogens with zero attached hydrogens (tertiary/aromatic N) is 2. The molecule has 0 saturated carbocycles. The van der Waals surface area contributed by atoms with E-state index in [0.29, 0.717) is 5.69 Å². The van der Waals surface area contributed by atoms with E-state index in [1.165, 1.54) is 0 Å². The zero-order valence-electron chi connectivity index (χ0n) is 7.88. The van der Waals surface area contributed by atoms with E-state index in [4.69, 9.17) is 10.4 Å². The monoisotopic (exact) mass is 196 g/mol. The lowest BCUT2D eigenvalue weighted by molar-refractivity contribution is 0.475. The summed E-state index contributed by atoms with van der Waals surface area (Å²) in [5.74, 6) is 0.209. The van der Waals surface area contributed by atoms with Crippen LogP contribution >= 0.6 is 0 Å². The summed E-state index contributed by atoms with van der Waals surface area (Å²) in [5.41, 5.74) is 2.04. The first-order valence-corrected chi connectivity index (χ1v) is 4.46. The zero-order chi connectivity index (χ0) is 10.7. The first-order chi connectivity index (χ1) is 7.31. The molecule has 1 aromatic heterocycles. The highest BCUT2D eigenvalue weighted by atomic mass is 16.3. The largest absolute Gasteiger partial charge is 0.508 e. The predicted octanol–water partition coefficient (Wildman–Crippen LogP) is 2.33. The Morgan fingerprint density at radius 3 is 2.53 bits per heavy atom. The van der Waals surface area contributed by atoms with Crippen LogP contribution in [0.25, 0.3) is 11.1 Å². The number of aromatic nitrogens is 1. The summed E-state index contributed by atoms with van der Waals surface area (Å²) in [6, 6.07) is 12.3. The molecular weight excluding hydrogens is 188 g/mol. The van der Waals surface area contributed by atoms with Crippen molar-refractivity contribution in [3.63, 3.8) is 0 Å². The van der Waals surface area contributed by atoms with Crippen LogP contribution in [0.1, 0.15) is 5.69 Å². The minimum Gasteiger partial charge on any atom is -0.508 e. The first kappa shape index (κ1) is 9.22. The number of aromatic hydroxyl groups is 1. The fourth-order valence-corrected chi connectivity index (χ4v) is 1.37. The summed E-state index contributed by atoms with van der Waals surface area (Å²) in [6.45, 7) is 0. The number of pyridine rings is 1. The van der Waals surface area contributed by atoms with Crippen LogP contribution in [-0.4, -0.2) is 10.1 Å². The topological polar surface area (TPSA) is 56.9 Å². The second-order valence-electron chi connectivity index (χ2n) is 3.06. The summed E-state index contributed by atoms with van der Waals surface area (Å²) in [5, 5.41) is 18.0. The maximum Gasteiger partial charge on any atom is 0.148 e. The average molecular weight is 196 g/mol. The van der Waals surface area contributed by atoms with Gasteiger partial charge >= 0.3 is 0 Å². The van der Waals surface area contributed by atoms with Gasteiger partial charge in [-0.25, -0.2) is 4.98 Å². The average Bonchev–Trinajstić information content (AvgIpc) is 2.30. The van der Waals surface area contributed by atoms with Crippen LogP contribution in [0.2, 0.25) is 0 Å².